The van der Waals surface area contributed by atoms with Crippen molar-refractivity contribution in [3.05, 3.63) is 0 Å². The minimum atomic E-state index is -4.97. The average molecular weight is 1550 g/mol. The van der Waals surface area contributed by atoms with Crippen LogP contribution in [0.2, 0.25) is 0 Å². The molecule has 0 aliphatic heterocycles. The van der Waals surface area contributed by atoms with Crippen LogP contribution in [0.3, 0.4) is 0 Å². The van der Waals surface area contributed by atoms with E-state index in [0.29, 0.717) is 31.6 Å². The molecule has 5 atom stereocenters. The lowest BCUT2D eigenvalue weighted by molar-refractivity contribution is -0.161. The second kappa shape index (κ2) is 75.7. The zero-order valence-corrected chi connectivity index (χ0v) is 71.9. The van der Waals surface area contributed by atoms with Crippen LogP contribution in [0.4, 0.5) is 0 Å². The summed E-state index contributed by atoms with van der Waals surface area (Å²) in [6.45, 7) is 14.3. The number of unbranched alkanes of at least 4 members (excludes halogenated alkanes) is 50. The van der Waals surface area contributed by atoms with E-state index >= 15 is 0 Å². The predicted octanol–water partition coefficient (Wildman–Crippen LogP) is 26.3. The number of phosphoric ester groups is 2. The Bertz CT molecular complexity index is 2060. The number of rotatable bonds is 84. The fourth-order valence-electron chi connectivity index (χ4n) is 13.5. The van der Waals surface area contributed by atoms with Crippen LogP contribution in [0.1, 0.15) is 453 Å². The first kappa shape index (κ1) is 104. The molecule has 3 unspecified atom stereocenters. The summed E-state index contributed by atoms with van der Waals surface area (Å²) in [6.07, 6.45) is 65.5. The van der Waals surface area contributed by atoms with Gasteiger partial charge in [-0.3, -0.25) is 37.3 Å². The Labute approximate surface area is 651 Å². The molecule has 0 aliphatic carbocycles. The Hall–Kier alpha value is -1.94. The van der Waals surface area contributed by atoms with Crippen LogP contribution in [0.5, 0.6) is 0 Å². The first-order valence-corrected chi connectivity index (χ1v) is 47.7. The molecular weight excluding hydrogens is 1380 g/mol. The van der Waals surface area contributed by atoms with E-state index in [1.807, 2.05) is 0 Å². The monoisotopic (exact) mass is 1550 g/mol. The first-order chi connectivity index (χ1) is 51.1. The minimum Gasteiger partial charge on any atom is -0.462 e. The van der Waals surface area contributed by atoms with Crippen molar-refractivity contribution in [2.75, 3.05) is 39.6 Å². The molecule has 0 aromatic heterocycles. The highest BCUT2D eigenvalue weighted by atomic mass is 31.2. The molecule has 0 aromatic carbocycles. The third-order valence-electron chi connectivity index (χ3n) is 20.3. The SMILES string of the molecule is CC(C)CCCCCCCCCCCCCCCCCCCCC(=O)O[C@H](COC(=O)CCCCCCCCC(C)C)COP(=O)(O)OCC(O)COP(=O)(O)OC[C@@H](COC(=O)CCCCCCCCCCCCCCCCCCC(C)C)OC(=O)CCCCCCCCCCCCCCCCC(C)C. The molecule has 106 heavy (non-hydrogen) atoms. The van der Waals surface area contributed by atoms with Crippen molar-refractivity contribution in [1.82, 2.24) is 0 Å². The molecule has 0 saturated heterocycles. The molecule has 0 amide bonds. The Kier molecular flexibility index (Phi) is 74.3. The lowest BCUT2D eigenvalue weighted by Crippen LogP contribution is -2.30. The minimum absolute atomic E-state index is 0.107. The van der Waals surface area contributed by atoms with E-state index in [9.17, 15) is 43.2 Å². The van der Waals surface area contributed by atoms with Gasteiger partial charge in [0.1, 0.15) is 19.3 Å². The Morgan fingerprint density at radius 3 is 0.585 bits per heavy atom. The van der Waals surface area contributed by atoms with Gasteiger partial charge in [-0.1, -0.05) is 402 Å². The maximum Gasteiger partial charge on any atom is 0.472 e. The molecule has 0 fully saturated rings. The summed E-state index contributed by atoms with van der Waals surface area (Å²) in [5.74, 6) is 0.999. The number of hydrogen-bond acceptors (Lipinski definition) is 15. The van der Waals surface area contributed by atoms with Crippen LogP contribution in [-0.4, -0.2) is 96.7 Å². The van der Waals surface area contributed by atoms with Gasteiger partial charge in [-0.25, -0.2) is 9.13 Å². The lowest BCUT2D eigenvalue weighted by Gasteiger charge is -2.21. The molecule has 0 aliphatic rings. The Balaban J connectivity index is 5.19. The van der Waals surface area contributed by atoms with Gasteiger partial charge < -0.3 is 33.8 Å². The van der Waals surface area contributed by atoms with Crippen molar-refractivity contribution < 1.29 is 80.2 Å². The van der Waals surface area contributed by atoms with E-state index in [1.165, 1.54) is 250 Å². The Morgan fingerprint density at radius 1 is 0.236 bits per heavy atom. The van der Waals surface area contributed by atoms with E-state index in [0.717, 1.165) is 114 Å². The summed E-state index contributed by atoms with van der Waals surface area (Å²) >= 11 is 0. The molecule has 0 aromatic rings. The number of phosphoric acid groups is 2. The molecule has 0 heterocycles. The molecule has 17 nitrogen and oxygen atoms in total. The first-order valence-electron chi connectivity index (χ1n) is 44.7. The van der Waals surface area contributed by atoms with Gasteiger partial charge in [0.25, 0.3) is 0 Å². The summed E-state index contributed by atoms with van der Waals surface area (Å²) in [5, 5.41) is 10.7. The fourth-order valence-corrected chi connectivity index (χ4v) is 15.1. The quantitative estimate of drug-likeness (QED) is 0.0222. The summed E-state index contributed by atoms with van der Waals surface area (Å²) in [5.41, 5.74) is 0. The zero-order valence-electron chi connectivity index (χ0n) is 70.1. The van der Waals surface area contributed by atoms with Gasteiger partial charge in [-0.05, 0) is 49.4 Å². The van der Waals surface area contributed by atoms with E-state index in [2.05, 4.69) is 55.4 Å². The topological polar surface area (TPSA) is 237 Å². The maximum atomic E-state index is 13.1. The Morgan fingerprint density at radius 2 is 0.396 bits per heavy atom. The zero-order chi connectivity index (χ0) is 78.1. The van der Waals surface area contributed by atoms with Gasteiger partial charge in [-0.15, -0.1) is 0 Å². The van der Waals surface area contributed by atoms with Gasteiger partial charge in [0.05, 0.1) is 26.4 Å². The highest BCUT2D eigenvalue weighted by Crippen LogP contribution is 2.45. The van der Waals surface area contributed by atoms with Gasteiger partial charge in [0.15, 0.2) is 12.2 Å². The molecule has 0 radical (unpaired) electrons. The van der Waals surface area contributed by atoms with Crippen LogP contribution in [0.15, 0.2) is 0 Å². The third kappa shape index (κ3) is 80.1. The van der Waals surface area contributed by atoms with Crippen molar-refractivity contribution in [2.45, 2.75) is 472 Å². The normalized spacial score (nSPS) is 13.9. The fraction of sp³-hybridized carbons (Fsp3) is 0.954. The number of esters is 4. The molecule has 0 spiro atoms. The molecule has 0 saturated carbocycles. The van der Waals surface area contributed by atoms with E-state index in [1.54, 1.807) is 0 Å². The van der Waals surface area contributed by atoms with Crippen molar-refractivity contribution in [3.63, 3.8) is 0 Å². The number of aliphatic hydroxyl groups excluding tert-OH is 1. The van der Waals surface area contributed by atoms with Gasteiger partial charge in [-0.2, -0.15) is 0 Å². The van der Waals surface area contributed by atoms with Crippen LogP contribution < -0.4 is 0 Å². The van der Waals surface area contributed by atoms with Crippen molar-refractivity contribution in [1.29, 1.82) is 0 Å². The predicted molar refractivity (Wildman–Crippen MR) is 437 cm³/mol. The number of hydrogen-bond donors (Lipinski definition) is 3. The van der Waals surface area contributed by atoms with E-state index in [4.69, 9.17) is 37.0 Å². The van der Waals surface area contributed by atoms with E-state index in [-0.39, 0.29) is 25.7 Å². The molecular formula is C87H170O17P2. The molecule has 630 valence electrons. The maximum absolute atomic E-state index is 13.1. The second-order valence-electron chi connectivity index (χ2n) is 33.2. The van der Waals surface area contributed by atoms with Crippen LogP contribution >= 0.6 is 15.6 Å². The smallest absolute Gasteiger partial charge is 0.462 e. The number of carbonyl (C=O) groups is 4. The molecule has 0 bridgehead atoms. The van der Waals surface area contributed by atoms with Crippen molar-refractivity contribution >= 4 is 39.5 Å². The largest absolute Gasteiger partial charge is 0.472 e. The average Bonchev–Trinajstić information content (AvgIpc) is 0.907. The second-order valence-corrected chi connectivity index (χ2v) is 36.1. The highest BCUT2D eigenvalue weighted by molar-refractivity contribution is 7.47. The number of ether oxygens (including phenoxy) is 4. The summed E-state index contributed by atoms with van der Waals surface area (Å²) in [6, 6.07) is 0. The summed E-state index contributed by atoms with van der Waals surface area (Å²) in [7, 11) is -9.93. The van der Waals surface area contributed by atoms with Gasteiger partial charge in [0, 0.05) is 25.7 Å². The number of aliphatic hydroxyl groups is 1. The van der Waals surface area contributed by atoms with Crippen molar-refractivity contribution in [3.8, 4) is 0 Å². The summed E-state index contributed by atoms with van der Waals surface area (Å²) < 4.78 is 68.9. The summed E-state index contributed by atoms with van der Waals surface area (Å²) in [4.78, 5) is 73.2. The van der Waals surface area contributed by atoms with Crippen molar-refractivity contribution in [2.24, 2.45) is 23.7 Å². The third-order valence-corrected chi connectivity index (χ3v) is 22.2. The van der Waals surface area contributed by atoms with Gasteiger partial charge in [0.2, 0.25) is 0 Å². The standard InChI is InChI=1S/C87H170O17P2/c1-77(2)63-55-47-39-33-27-21-15-11-9-10-12-18-25-31-37-43-53-61-70-87(92)104-83(74-98-85(90)68-60-52-46-45-50-58-66-80(7)8)76-102-106(95,96)100-72-81(88)71-99-105(93,94)101-75-82(103-86(91)69-62-54-44-38-32-26-20-19-23-29-35-41-49-57-65-79(5)6)73-97-84(89)67-59-51-42-36-30-24-17-14-13-16-22-28-34-40-48-56-64-78(3)4/h77-83,88H,9-76H2,1-8H3,(H,93,94)(H,95,96)/t81?,82-,83-/m1/s1. The van der Waals surface area contributed by atoms with Gasteiger partial charge >= 0.3 is 39.5 Å². The van der Waals surface area contributed by atoms with E-state index < -0.39 is 97.5 Å². The lowest BCUT2D eigenvalue weighted by atomic mass is 10.0. The number of carbonyl (C=O) groups excluding carboxylic acids is 4. The highest BCUT2D eigenvalue weighted by Gasteiger charge is 2.31. The molecule has 3 N–H and O–H groups in total. The van der Waals surface area contributed by atoms with Crippen LogP contribution in [-0.2, 0) is 65.4 Å². The molecule has 0 rings (SSSR count). The molecule has 19 heteroatoms. The van der Waals surface area contributed by atoms with Crippen LogP contribution in [0.25, 0.3) is 0 Å². The van der Waals surface area contributed by atoms with Crippen LogP contribution in [0, 0.1) is 23.7 Å².